The van der Waals surface area contributed by atoms with Crippen LogP contribution in [0.3, 0.4) is 0 Å². The molecule has 0 aliphatic carbocycles. The quantitative estimate of drug-likeness (QED) is 0.685. The Hall–Kier alpha value is -3.31. The zero-order chi connectivity index (χ0) is 20.4. The number of aliphatic imine (C=N–C) groups is 1. The van der Waals surface area contributed by atoms with Gasteiger partial charge in [-0.05, 0) is 47.4 Å². The molecule has 1 heterocycles. The molecule has 1 amide bonds. The van der Waals surface area contributed by atoms with E-state index in [-0.39, 0.29) is 11.9 Å². The summed E-state index contributed by atoms with van der Waals surface area (Å²) in [7, 11) is 0. The fourth-order valence-electron chi connectivity index (χ4n) is 3.57. The molecular formula is C24H22FN3O. The standard InChI is InChI=1S/C24H22FN3O/c1-15-4-2-6-18(10-15)22(13-26)28-24(29)19-7-3-5-16(11-19)17-8-9-20-14-27-23(25)21(20)12-17/h2-12,22H,13-14,26H2,1H3,(H,28,29)/t22-/m0/s1. The van der Waals surface area contributed by atoms with Gasteiger partial charge in [0.25, 0.3) is 5.91 Å². The van der Waals surface area contributed by atoms with Crippen LogP contribution in [0.5, 0.6) is 0 Å². The molecule has 0 aromatic heterocycles. The van der Waals surface area contributed by atoms with Gasteiger partial charge in [-0.2, -0.15) is 4.39 Å². The Morgan fingerprint density at radius 3 is 2.69 bits per heavy atom. The predicted molar refractivity (Wildman–Crippen MR) is 114 cm³/mol. The summed E-state index contributed by atoms with van der Waals surface area (Å²) in [6.45, 7) is 2.69. The Balaban J connectivity index is 1.58. The van der Waals surface area contributed by atoms with E-state index in [2.05, 4.69) is 10.3 Å². The maximum atomic E-state index is 13.9. The lowest BCUT2D eigenvalue weighted by atomic mass is 9.98. The van der Waals surface area contributed by atoms with Crippen LogP contribution in [0.25, 0.3) is 11.1 Å². The van der Waals surface area contributed by atoms with Gasteiger partial charge < -0.3 is 11.1 Å². The predicted octanol–water partition coefficient (Wildman–Crippen LogP) is 4.32. The van der Waals surface area contributed by atoms with E-state index in [1.807, 2.05) is 61.5 Å². The molecule has 0 unspecified atom stereocenters. The van der Waals surface area contributed by atoms with E-state index in [1.165, 1.54) is 0 Å². The summed E-state index contributed by atoms with van der Waals surface area (Å²) in [5.74, 6) is -0.627. The first kappa shape index (κ1) is 19.0. The summed E-state index contributed by atoms with van der Waals surface area (Å²) < 4.78 is 13.9. The second kappa shape index (κ2) is 7.97. The number of amides is 1. The minimum atomic E-state index is -0.431. The van der Waals surface area contributed by atoms with Crippen molar-refractivity contribution in [2.45, 2.75) is 19.5 Å². The van der Waals surface area contributed by atoms with Crippen molar-refractivity contribution in [1.29, 1.82) is 0 Å². The lowest BCUT2D eigenvalue weighted by Crippen LogP contribution is -2.33. The van der Waals surface area contributed by atoms with Crippen molar-refractivity contribution < 1.29 is 9.18 Å². The molecule has 4 nitrogen and oxygen atoms in total. The number of nitrogens with two attached hydrogens (primary N) is 1. The van der Waals surface area contributed by atoms with Gasteiger partial charge in [-0.15, -0.1) is 0 Å². The first-order valence-electron chi connectivity index (χ1n) is 9.56. The Kier molecular flexibility index (Phi) is 5.23. The number of rotatable bonds is 5. The van der Waals surface area contributed by atoms with E-state index in [1.54, 1.807) is 12.1 Å². The Bertz CT molecular complexity index is 1110. The number of carbonyl (C=O) groups is 1. The number of fused-ring (bicyclic) bond motifs is 1. The highest BCUT2D eigenvalue weighted by molar-refractivity contribution is 5.99. The van der Waals surface area contributed by atoms with Crippen LogP contribution in [0, 0.1) is 6.92 Å². The lowest BCUT2D eigenvalue weighted by molar-refractivity contribution is 0.0938. The van der Waals surface area contributed by atoms with Crippen LogP contribution in [0.4, 0.5) is 4.39 Å². The van der Waals surface area contributed by atoms with E-state index in [0.29, 0.717) is 24.2 Å². The fraction of sp³-hybridized carbons (Fsp3) is 0.167. The zero-order valence-corrected chi connectivity index (χ0v) is 16.2. The summed E-state index contributed by atoms with van der Waals surface area (Å²) in [5, 5.41) is 3.01. The van der Waals surface area contributed by atoms with Gasteiger partial charge in [-0.3, -0.25) is 9.79 Å². The summed E-state index contributed by atoms with van der Waals surface area (Å²) in [6, 6.07) is 20.6. The number of nitrogens with zero attached hydrogens (tertiary/aromatic N) is 1. The van der Waals surface area contributed by atoms with E-state index >= 15 is 0 Å². The molecular weight excluding hydrogens is 365 g/mol. The van der Waals surface area contributed by atoms with Gasteiger partial charge in [0, 0.05) is 17.7 Å². The molecule has 0 spiro atoms. The SMILES string of the molecule is Cc1cccc([C@H](CN)NC(=O)c2cccc(-c3ccc4c(c3)C(F)=NC4)c2)c1. The van der Waals surface area contributed by atoms with E-state index in [4.69, 9.17) is 5.73 Å². The highest BCUT2D eigenvalue weighted by atomic mass is 19.1. The Labute approximate surface area is 169 Å². The van der Waals surface area contributed by atoms with Gasteiger partial charge >= 0.3 is 0 Å². The molecule has 0 radical (unpaired) electrons. The summed E-state index contributed by atoms with van der Waals surface area (Å²) in [6.07, 6.45) is 0. The first-order valence-corrected chi connectivity index (χ1v) is 9.56. The van der Waals surface area contributed by atoms with Gasteiger partial charge in [-0.1, -0.05) is 54.1 Å². The zero-order valence-electron chi connectivity index (χ0n) is 16.2. The van der Waals surface area contributed by atoms with Crippen molar-refractivity contribution in [2.75, 3.05) is 6.54 Å². The second-order valence-electron chi connectivity index (χ2n) is 7.24. The fourth-order valence-corrected chi connectivity index (χ4v) is 3.57. The molecule has 29 heavy (non-hydrogen) atoms. The number of hydrogen-bond donors (Lipinski definition) is 2. The average Bonchev–Trinajstić information content (AvgIpc) is 3.12. The molecule has 3 N–H and O–H groups in total. The molecule has 3 aromatic rings. The number of halogens is 1. The molecule has 5 heteroatoms. The normalized spacial score (nSPS) is 13.6. The highest BCUT2D eigenvalue weighted by Gasteiger charge is 2.18. The maximum Gasteiger partial charge on any atom is 0.251 e. The van der Waals surface area contributed by atoms with Crippen molar-refractivity contribution in [3.05, 3.63) is 94.5 Å². The van der Waals surface area contributed by atoms with Gasteiger partial charge in [0.05, 0.1) is 12.6 Å². The van der Waals surface area contributed by atoms with Crippen molar-refractivity contribution in [3.63, 3.8) is 0 Å². The van der Waals surface area contributed by atoms with Gasteiger partial charge in [0.2, 0.25) is 5.97 Å². The van der Waals surface area contributed by atoms with E-state index < -0.39 is 5.97 Å². The van der Waals surface area contributed by atoms with Gasteiger partial charge in [0.1, 0.15) is 0 Å². The molecule has 1 atom stereocenters. The minimum absolute atomic E-state index is 0.197. The monoisotopic (exact) mass is 387 g/mol. The molecule has 4 rings (SSSR count). The lowest BCUT2D eigenvalue weighted by Gasteiger charge is -2.18. The number of aryl methyl sites for hydroxylation is 1. The van der Waals surface area contributed by atoms with Crippen LogP contribution in [-0.4, -0.2) is 18.4 Å². The topological polar surface area (TPSA) is 67.5 Å². The van der Waals surface area contributed by atoms with Crippen molar-refractivity contribution in [3.8, 4) is 11.1 Å². The van der Waals surface area contributed by atoms with Gasteiger partial charge in [0.15, 0.2) is 0 Å². The average molecular weight is 387 g/mol. The largest absolute Gasteiger partial charge is 0.344 e. The Morgan fingerprint density at radius 2 is 1.90 bits per heavy atom. The van der Waals surface area contributed by atoms with Crippen LogP contribution >= 0.6 is 0 Å². The minimum Gasteiger partial charge on any atom is -0.344 e. The van der Waals surface area contributed by atoms with E-state index in [0.717, 1.165) is 27.8 Å². The third-order valence-electron chi connectivity index (χ3n) is 5.16. The molecule has 0 saturated carbocycles. The number of nitrogens with one attached hydrogen (secondary N) is 1. The third-order valence-corrected chi connectivity index (χ3v) is 5.16. The molecule has 0 bridgehead atoms. The van der Waals surface area contributed by atoms with Crippen LogP contribution in [-0.2, 0) is 6.54 Å². The summed E-state index contributed by atoms with van der Waals surface area (Å²) >= 11 is 0. The smallest absolute Gasteiger partial charge is 0.251 e. The van der Waals surface area contributed by atoms with Crippen LogP contribution in [0.1, 0.15) is 38.7 Å². The van der Waals surface area contributed by atoms with Crippen molar-refractivity contribution in [2.24, 2.45) is 10.7 Å². The molecule has 146 valence electrons. The molecule has 0 saturated heterocycles. The van der Waals surface area contributed by atoms with E-state index in [9.17, 15) is 9.18 Å². The summed E-state index contributed by atoms with van der Waals surface area (Å²) in [4.78, 5) is 16.7. The summed E-state index contributed by atoms with van der Waals surface area (Å²) in [5.41, 5.74) is 11.6. The van der Waals surface area contributed by atoms with Crippen molar-refractivity contribution >= 4 is 11.9 Å². The van der Waals surface area contributed by atoms with Crippen LogP contribution < -0.4 is 11.1 Å². The van der Waals surface area contributed by atoms with Crippen molar-refractivity contribution in [1.82, 2.24) is 5.32 Å². The Morgan fingerprint density at radius 1 is 1.10 bits per heavy atom. The number of benzene rings is 3. The molecule has 1 aliphatic rings. The highest BCUT2D eigenvalue weighted by Crippen LogP contribution is 2.27. The first-order chi connectivity index (χ1) is 14.0. The third kappa shape index (κ3) is 3.96. The molecule has 1 aliphatic heterocycles. The number of carbonyl (C=O) groups excluding carboxylic acids is 1. The van der Waals surface area contributed by atoms with Gasteiger partial charge in [-0.25, -0.2) is 0 Å². The van der Waals surface area contributed by atoms with Crippen LogP contribution in [0.2, 0.25) is 0 Å². The molecule has 3 aromatic carbocycles. The second-order valence-corrected chi connectivity index (χ2v) is 7.24. The maximum absolute atomic E-state index is 13.9. The molecule has 0 fully saturated rings. The number of hydrogen-bond acceptors (Lipinski definition) is 3. The van der Waals surface area contributed by atoms with Crippen LogP contribution in [0.15, 0.2) is 71.7 Å².